The molecule has 108 valence electrons. The van der Waals surface area contributed by atoms with Gasteiger partial charge in [-0.15, -0.1) is 11.3 Å². The van der Waals surface area contributed by atoms with Gasteiger partial charge in [0.25, 0.3) is 10.2 Å². The van der Waals surface area contributed by atoms with Crippen molar-refractivity contribution in [2.24, 2.45) is 0 Å². The van der Waals surface area contributed by atoms with Crippen LogP contribution in [0.4, 0.5) is 5.13 Å². The lowest BCUT2D eigenvalue weighted by atomic mass is 10.2. The summed E-state index contributed by atoms with van der Waals surface area (Å²) in [6.45, 7) is 0.449. The Bertz CT molecular complexity index is 655. The normalized spacial score (nSPS) is 11.9. The number of benzene rings is 1. The third kappa shape index (κ3) is 4.01. The Hall–Kier alpha value is -1.48. The van der Waals surface area contributed by atoms with Crippen molar-refractivity contribution in [2.45, 2.75) is 13.1 Å². The van der Waals surface area contributed by atoms with Crippen LogP contribution >= 0.6 is 11.3 Å². The molecule has 2 rings (SSSR count). The number of hydrogen-bond donors (Lipinski definition) is 2. The zero-order valence-electron chi connectivity index (χ0n) is 11.0. The molecule has 1 aromatic carbocycles. The molecule has 0 bridgehead atoms. The first-order chi connectivity index (χ1) is 9.47. The summed E-state index contributed by atoms with van der Waals surface area (Å²) >= 11 is 1.28. The first-order valence-corrected chi connectivity index (χ1v) is 8.24. The van der Waals surface area contributed by atoms with Crippen molar-refractivity contribution in [3.63, 3.8) is 0 Å². The molecular formula is C12H16N4O2S2. The predicted octanol–water partition coefficient (Wildman–Crippen LogP) is 1.19. The summed E-state index contributed by atoms with van der Waals surface area (Å²) < 4.78 is 27.9. The summed E-state index contributed by atoms with van der Waals surface area (Å²) in [4.78, 5) is 4.01. The van der Waals surface area contributed by atoms with E-state index in [0.717, 1.165) is 5.56 Å². The highest BCUT2D eigenvalue weighted by molar-refractivity contribution is 7.87. The van der Waals surface area contributed by atoms with E-state index in [9.17, 15) is 8.42 Å². The maximum Gasteiger partial charge on any atom is 0.279 e. The molecule has 0 unspecified atom stereocenters. The largest absolute Gasteiger partial charge is 0.375 e. The summed E-state index contributed by atoms with van der Waals surface area (Å²) in [7, 11) is -2.01. The van der Waals surface area contributed by atoms with Gasteiger partial charge in [0.2, 0.25) is 0 Å². The summed E-state index contributed by atoms with van der Waals surface area (Å²) in [5.74, 6) is 0. The fraction of sp³-hybridized carbons (Fsp3) is 0.250. The number of nitrogens with one attached hydrogen (secondary N) is 1. The molecule has 20 heavy (non-hydrogen) atoms. The van der Waals surface area contributed by atoms with E-state index in [4.69, 9.17) is 5.73 Å². The standard InChI is InChI=1S/C12H16N4O2S2/c1-16(8-10-5-3-2-4-6-10)20(17,18)14-7-11-9-19-12(13)15-11/h2-6,9,14H,7-8H2,1H3,(H2,13,15). The molecule has 3 N–H and O–H groups in total. The van der Waals surface area contributed by atoms with Crippen LogP contribution in [0.2, 0.25) is 0 Å². The minimum atomic E-state index is -3.54. The van der Waals surface area contributed by atoms with E-state index in [1.165, 1.54) is 22.7 Å². The van der Waals surface area contributed by atoms with Gasteiger partial charge < -0.3 is 5.73 Å². The number of nitrogen functional groups attached to an aromatic ring is 1. The minimum absolute atomic E-state index is 0.134. The van der Waals surface area contributed by atoms with Gasteiger partial charge in [0, 0.05) is 19.0 Å². The van der Waals surface area contributed by atoms with Gasteiger partial charge in [-0.1, -0.05) is 30.3 Å². The van der Waals surface area contributed by atoms with Crippen molar-refractivity contribution < 1.29 is 8.42 Å². The predicted molar refractivity (Wildman–Crippen MR) is 80.2 cm³/mol. The Morgan fingerprint density at radius 1 is 1.35 bits per heavy atom. The molecule has 0 radical (unpaired) electrons. The third-order valence-corrected chi connectivity index (χ3v) is 4.85. The molecule has 2 aromatic rings. The molecular weight excluding hydrogens is 296 g/mol. The van der Waals surface area contributed by atoms with E-state index in [1.807, 2.05) is 30.3 Å². The molecule has 6 nitrogen and oxygen atoms in total. The Morgan fingerprint density at radius 3 is 2.65 bits per heavy atom. The third-order valence-electron chi connectivity index (χ3n) is 2.66. The second kappa shape index (κ2) is 6.31. The van der Waals surface area contributed by atoms with Gasteiger partial charge in [-0.25, -0.2) is 4.98 Å². The highest BCUT2D eigenvalue weighted by atomic mass is 32.2. The molecule has 0 aliphatic heterocycles. The van der Waals surface area contributed by atoms with Crippen molar-refractivity contribution in [3.8, 4) is 0 Å². The van der Waals surface area contributed by atoms with Gasteiger partial charge in [0.15, 0.2) is 5.13 Å². The van der Waals surface area contributed by atoms with Crippen LogP contribution in [0.15, 0.2) is 35.7 Å². The van der Waals surface area contributed by atoms with Crippen LogP contribution in [-0.2, 0) is 23.3 Å². The van der Waals surface area contributed by atoms with Crippen LogP contribution in [0.25, 0.3) is 0 Å². The van der Waals surface area contributed by atoms with E-state index >= 15 is 0 Å². The van der Waals surface area contributed by atoms with Gasteiger partial charge in [-0.3, -0.25) is 0 Å². The smallest absolute Gasteiger partial charge is 0.279 e. The average Bonchev–Trinajstić information content (AvgIpc) is 2.83. The van der Waals surface area contributed by atoms with Crippen LogP contribution < -0.4 is 10.5 Å². The molecule has 1 heterocycles. The molecule has 0 saturated carbocycles. The second-order valence-corrected chi connectivity index (χ2v) is 7.00. The molecule has 0 spiro atoms. The number of nitrogens with zero attached hydrogens (tertiary/aromatic N) is 2. The topological polar surface area (TPSA) is 88.3 Å². The summed E-state index contributed by atoms with van der Waals surface area (Å²) in [6.07, 6.45) is 0. The maximum atomic E-state index is 12.1. The summed E-state index contributed by atoms with van der Waals surface area (Å²) in [5, 5.41) is 2.16. The van der Waals surface area contributed by atoms with E-state index in [1.54, 1.807) is 5.38 Å². The van der Waals surface area contributed by atoms with E-state index in [-0.39, 0.29) is 6.54 Å². The second-order valence-electron chi connectivity index (χ2n) is 4.24. The van der Waals surface area contributed by atoms with Gasteiger partial charge in [0.05, 0.1) is 12.2 Å². The zero-order valence-corrected chi connectivity index (χ0v) is 12.6. The Balaban J connectivity index is 1.95. The lowest BCUT2D eigenvalue weighted by Crippen LogP contribution is -2.37. The fourth-order valence-corrected chi connectivity index (χ4v) is 3.04. The zero-order chi connectivity index (χ0) is 14.6. The fourth-order valence-electron chi connectivity index (χ4n) is 1.60. The van der Waals surface area contributed by atoms with E-state index < -0.39 is 10.2 Å². The molecule has 0 atom stereocenters. The SMILES string of the molecule is CN(Cc1ccccc1)S(=O)(=O)NCc1csc(N)n1. The Kier molecular flexibility index (Phi) is 4.71. The summed E-state index contributed by atoms with van der Waals surface area (Å²) in [6, 6.07) is 9.41. The first kappa shape index (κ1) is 14.9. The van der Waals surface area contributed by atoms with Crippen LogP contribution in [0, 0.1) is 0 Å². The Morgan fingerprint density at radius 2 is 2.05 bits per heavy atom. The van der Waals surface area contributed by atoms with Crippen molar-refractivity contribution >= 4 is 26.7 Å². The van der Waals surface area contributed by atoms with Crippen LogP contribution in [0.5, 0.6) is 0 Å². The van der Waals surface area contributed by atoms with Crippen LogP contribution in [0.3, 0.4) is 0 Å². The van der Waals surface area contributed by atoms with Crippen molar-refractivity contribution in [1.82, 2.24) is 14.0 Å². The van der Waals surface area contributed by atoms with Gasteiger partial charge in [-0.05, 0) is 5.56 Å². The first-order valence-electron chi connectivity index (χ1n) is 5.92. The van der Waals surface area contributed by atoms with Crippen LogP contribution in [-0.4, -0.2) is 24.8 Å². The highest BCUT2D eigenvalue weighted by Crippen LogP contribution is 2.11. The minimum Gasteiger partial charge on any atom is -0.375 e. The molecule has 0 aliphatic carbocycles. The van der Waals surface area contributed by atoms with Gasteiger partial charge in [0.1, 0.15) is 0 Å². The van der Waals surface area contributed by atoms with Gasteiger partial charge in [-0.2, -0.15) is 17.4 Å². The van der Waals surface area contributed by atoms with E-state index in [0.29, 0.717) is 17.4 Å². The van der Waals surface area contributed by atoms with Crippen molar-refractivity contribution in [1.29, 1.82) is 0 Å². The van der Waals surface area contributed by atoms with Crippen molar-refractivity contribution in [3.05, 3.63) is 47.0 Å². The lowest BCUT2D eigenvalue weighted by molar-refractivity contribution is 0.454. The maximum absolute atomic E-state index is 12.1. The number of nitrogens with two attached hydrogens (primary N) is 1. The van der Waals surface area contributed by atoms with Gasteiger partial charge >= 0.3 is 0 Å². The number of anilines is 1. The lowest BCUT2D eigenvalue weighted by Gasteiger charge is -2.17. The highest BCUT2D eigenvalue weighted by Gasteiger charge is 2.17. The monoisotopic (exact) mass is 312 g/mol. The molecule has 0 fully saturated rings. The molecule has 0 aliphatic rings. The number of aromatic nitrogens is 1. The number of rotatable bonds is 6. The molecule has 1 aromatic heterocycles. The number of thiazole rings is 1. The quantitative estimate of drug-likeness (QED) is 0.838. The Labute approximate surface area is 122 Å². The van der Waals surface area contributed by atoms with Crippen LogP contribution in [0.1, 0.15) is 11.3 Å². The molecule has 0 amide bonds. The van der Waals surface area contributed by atoms with E-state index in [2.05, 4.69) is 9.71 Å². The molecule has 0 saturated heterocycles. The summed E-state index contributed by atoms with van der Waals surface area (Å²) in [5.41, 5.74) is 7.04. The average molecular weight is 312 g/mol. The number of hydrogen-bond acceptors (Lipinski definition) is 5. The molecule has 8 heteroatoms. The van der Waals surface area contributed by atoms with Crippen molar-refractivity contribution in [2.75, 3.05) is 12.8 Å².